The third-order valence-corrected chi connectivity index (χ3v) is 2.79. The van der Waals surface area contributed by atoms with E-state index >= 15 is 0 Å². The lowest BCUT2D eigenvalue weighted by Gasteiger charge is -2.15. The molecule has 16 heavy (non-hydrogen) atoms. The molecule has 1 heterocycles. The van der Waals surface area contributed by atoms with E-state index < -0.39 is 0 Å². The molecule has 1 N–H and O–H groups in total. The van der Waals surface area contributed by atoms with Crippen molar-refractivity contribution in [3.63, 3.8) is 0 Å². The van der Waals surface area contributed by atoms with E-state index in [9.17, 15) is 4.79 Å². The second-order valence-corrected chi connectivity index (χ2v) is 5.22. The van der Waals surface area contributed by atoms with E-state index in [-0.39, 0.29) is 5.56 Å². The molecule has 0 aliphatic rings. The van der Waals surface area contributed by atoms with Crippen molar-refractivity contribution in [3.8, 4) is 0 Å². The van der Waals surface area contributed by atoms with Gasteiger partial charge in [-0.1, -0.05) is 20.8 Å². The Balaban J connectivity index is 2.59. The highest BCUT2D eigenvalue weighted by atomic mass is 79.9. The molecular weight excluding hydrogens is 270 g/mol. The molecule has 1 atom stereocenters. The lowest BCUT2D eigenvalue weighted by atomic mass is 10.1. The predicted molar refractivity (Wildman–Crippen MR) is 68.5 cm³/mol. The number of hydrogen-bond acceptors (Lipinski definition) is 3. The summed E-state index contributed by atoms with van der Waals surface area (Å²) in [5, 5.41) is 3.35. The van der Waals surface area contributed by atoms with Crippen molar-refractivity contribution in [2.45, 2.75) is 33.4 Å². The number of hydrogen-bond donors (Lipinski definition) is 1. The Morgan fingerprint density at radius 1 is 1.50 bits per heavy atom. The highest BCUT2D eigenvalue weighted by Gasteiger charge is 2.07. The van der Waals surface area contributed by atoms with E-state index in [2.05, 4.69) is 47.0 Å². The van der Waals surface area contributed by atoms with Gasteiger partial charge in [-0.3, -0.25) is 9.36 Å². The van der Waals surface area contributed by atoms with E-state index in [0.717, 1.165) is 6.54 Å². The molecular formula is C11H18BrN3O. The first-order valence-corrected chi connectivity index (χ1v) is 6.23. The Morgan fingerprint density at radius 3 is 2.81 bits per heavy atom. The molecule has 4 nitrogen and oxygen atoms in total. The predicted octanol–water partition coefficient (Wildman–Crippen LogP) is 1.64. The molecule has 1 unspecified atom stereocenters. The van der Waals surface area contributed by atoms with Crippen molar-refractivity contribution in [1.29, 1.82) is 0 Å². The zero-order valence-electron chi connectivity index (χ0n) is 9.90. The second kappa shape index (κ2) is 6.15. The number of nitrogens with zero attached hydrogens (tertiary/aromatic N) is 2. The standard InChI is InChI=1S/C11H18BrN3O/c1-8(2)14-4-9(3)6-15-7-13-5-10(12)11(15)16/h5,7-9,14H,4,6H2,1-3H3. The van der Waals surface area contributed by atoms with Crippen molar-refractivity contribution in [2.75, 3.05) is 6.54 Å². The van der Waals surface area contributed by atoms with Crippen LogP contribution in [-0.4, -0.2) is 22.1 Å². The van der Waals surface area contributed by atoms with Gasteiger partial charge in [-0.15, -0.1) is 0 Å². The summed E-state index contributed by atoms with van der Waals surface area (Å²) in [6.45, 7) is 7.92. The van der Waals surface area contributed by atoms with Crippen LogP contribution >= 0.6 is 15.9 Å². The largest absolute Gasteiger partial charge is 0.314 e. The van der Waals surface area contributed by atoms with Crippen LogP contribution in [0.5, 0.6) is 0 Å². The quantitative estimate of drug-likeness (QED) is 0.896. The molecule has 90 valence electrons. The Hall–Kier alpha value is -0.680. The average Bonchev–Trinajstić information content (AvgIpc) is 2.22. The minimum absolute atomic E-state index is 0.0219. The maximum Gasteiger partial charge on any atom is 0.267 e. The minimum atomic E-state index is -0.0219. The zero-order valence-corrected chi connectivity index (χ0v) is 11.5. The van der Waals surface area contributed by atoms with Crippen LogP contribution in [0.4, 0.5) is 0 Å². The van der Waals surface area contributed by atoms with Crippen LogP contribution in [0.15, 0.2) is 21.8 Å². The lowest BCUT2D eigenvalue weighted by Crippen LogP contribution is -2.32. The molecule has 0 aliphatic heterocycles. The molecule has 0 bridgehead atoms. The van der Waals surface area contributed by atoms with Gasteiger partial charge >= 0.3 is 0 Å². The highest BCUT2D eigenvalue weighted by molar-refractivity contribution is 9.10. The number of nitrogens with one attached hydrogen (secondary N) is 1. The molecule has 1 aromatic rings. The molecule has 1 aromatic heterocycles. The average molecular weight is 288 g/mol. The monoisotopic (exact) mass is 287 g/mol. The SMILES string of the molecule is CC(CNC(C)C)Cn1cncc(Br)c1=O. The second-order valence-electron chi connectivity index (χ2n) is 4.37. The Bertz CT molecular complexity index is 389. The zero-order chi connectivity index (χ0) is 12.1. The molecule has 0 fully saturated rings. The Labute approximate surface area is 104 Å². The van der Waals surface area contributed by atoms with Gasteiger partial charge in [0.15, 0.2) is 0 Å². The molecule has 0 radical (unpaired) electrons. The topological polar surface area (TPSA) is 46.9 Å². The first-order chi connectivity index (χ1) is 7.50. The van der Waals surface area contributed by atoms with Crippen molar-refractivity contribution < 1.29 is 0 Å². The van der Waals surface area contributed by atoms with Gasteiger partial charge in [0.25, 0.3) is 5.56 Å². The van der Waals surface area contributed by atoms with Gasteiger partial charge in [-0.05, 0) is 28.4 Å². The van der Waals surface area contributed by atoms with Crippen molar-refractivity contribution >= 4 is 15.9 Å². The molecule has 0 aromatic carbocycles. The smallest absolute Gasteiger partial charge is 0.267 e. The van der Waals surface area contributed by atoms with Crippen LogP contribution in [0.3, 0.4) is 0 Å². The van der Waals surface area contributed by atoms with Crippen LogP contribution in [-0.2, 0) is 6.54 Å². The molecule has 0 spiro atoms. The van der Waals surface area contributed by atoms with Gasteiger partial charge in [0.2, 0.25) is 0 Å². The van der Waals surface area contributed by atoms with Crippen LogP contribution < -0.4 is 10.9 Å². The summed E-state index contributed by atoms with van der Waals surface area (Å²) in [7, 11) is 0. The fourth-order valence-corrected chi connectivity index (χ4v) is 1.74. The normalized spacial score (nSPS) is 13.1. The van der Waals surface area contributed by atoms with Gasteiger partial charge in [-0.25, -0.2) is 4.98 Å². The lowest BCUT2D eigenvalue weighted by molar-refractivity contribution is 0.417. The third kappa shape index (κ3) is 4.06. The minimum Gasteiger partial charge on any atom is -0.314 e. The summed E-state index contributed by atoms with van der Waals surface area (Å²) in [4.78, 5) is 15.7. The summed E-state index contributed by atoms with van der Waals surface area (Å²) >= 11 is 3.19. The highest BCUT2D eigenvalue weighted by Crippen LogP contribution is 2.01. The summed E-state index contributed by atoms with van der Waals surface area (Å²) in [6.07, 6.45) is 3.11. The van der Waals surface area contributed by atoms with Crippen LogP contribution in [0.2, 0.25) is 0 Å². The van der Waals surface area contributed by atoms with Crippen LogP contribution in [0.1, 0.15) is 20.8 Å². The van der Waals surface area contributed by atoms with E-state index in [4.69, 9.17) is 0 Å². The van der Waals surface area contributed by atoms with Crippen LogP contribution in [0.25, 0.3) is 0 Å². The first kappa shape index (κ1) is 13.4. The first-order valence-electron chi connectivity index (χ1n) is 5.44. The summed E-state index contributed by atoms with van der Waals surface area (Å²) in [6, 6.07) is 0.472. The number of halogens is 1. The van der Waals surface area contributed by atoms with Crippen molar-refractivity contribution in [1.82, 2.24) is 14.9 Å². The molecule has 5 heteroatoms. The Morgan fingerprint density at radius 2 is 2.19 bits per heavy atom. The maximum absolute atomic E-state index is 11.7. The van der Waals surface area contributed by atoms with E-state index in [1.54, 1.807) is 10.9 Å². The van der Waals surface area contributed by atoms with Crippen molar-refractivity contribution in [3.05, 3.63) is 27.4 Å². The summed E-state index contributed by atoms with van der Waals surface area (Å²) in [5.41, 5.74) is -0.0219. The molecule has 0 aliphatic carbocycles. The van der Waals surface area contributed by atoms with Gasteiger partial charge in [0, 0.05) is 18.8 Å². The third-order valence-electron chi connectivity index (χ3n) is 2.24. The van der Waals surface area contributed by atoms with E-state index in [1.807, 2.05) is 0 Å². The van der Waals surface area contributed by atoms with Gasteiger partial charge < -0.3 is 5.32 Å². The fourth-order valence-electron chi connectivity index (χ4n) is 1.39. The maximum atomic E-state index is 11.7. The summed E-state index contributed by atoms with van der Waals surface area (Å²) < 4.78 is 2.15. The van der Waals surface area contributed by atoms with Gasteiger partial charge in [0.05, 0.1) is 6.33 Å². The molecule has 1 rings (SSSR count). The Kier molecular flexibility index (Phi) is 5.15. The molecule has 0 saturated heterocycles. The summed E-state index contributed by atoms with van der Waals surface area (Å²) in [5.74, 6) is 0.399. The number of rotatable bonds is 5. The van der Waals surface area contributed by atoms with Crippen LogP contribution in [0, 0.1) is 5.92 Å². The van der Waals surface area contributed by atoms with E-state index in [0.29, 0.717) is 23.0 Å². The molecule has 0 saturated carbocycles. The molecule has 0 amide bonds. The van der Waals surface area contributed by atoms with Gasteiger partial charge in [0.1, 0.15) is 4.47 Å². The fraction of sp³-hybridized carbons (Fsp3) is 0.636. The number of aromatic nitrogens is 2. The van der Waals surface area contributed by atoms with E-state index in [1.165, 1.54) is 6.20 Å². The van der Waals surface area contributed by atoms with Gasteiger partial charge in [-0.2, -0.15) is 0 Å². The van der Waals surface area contributed by atoms with Crippen molar-refractivity contribution in [2.24, 2.45) is 5.92 Å².